The third kappa shape index (κ3) is 5.27. The molecule has 31 heavy (non-hydrogen) atoms. The zero-order valence-corrected chi connectivity index (χ0v) is 21.3. The number of guanidine groups is 1. The Morgan fingerprint density at radius 3 is 2.68 bits per heavy atom. The van der Waals surface area contributed by atoms with E-state index in [2.05, 4.69) is 39.3 Å². The van der Waals surface area contributed by atoms with E-state index >= 15 is 0 Å². The van der Waals surface area contributed by atoms with Gasteiger partial charge in [-0.1, -0.05) is 26.0 Å². The van der Waals surface area contributed by atoms with Crippen LogP contribution in [-0.4, -0.2) is 75.9 Å². The fourth-order valence-corrected chi connectivity index (χ4v) is 5.39. The van der Waals surface area contributed by atoms with Gasteiger partial charge in [0.15, 0.2) is 5.96 Å². The Labute approximate surface area is 203 Å². The number of nitrogens with zero attached hydrogens (tertiary/aromatic N) is 3. The Balaban J connectivity index is 0.00000272. The number of benzene rings is 1. The van der Waals surface area contributed by atoms with Crippen LogP contribution in [0.3, 0.4) is 0 Å². The number of ether oxygens (including phenoxy) is 1. The smallest absolute Gasteiger partial charge is 0.191 e. The largest absolute Gasteiger partial charge is 0.377 e. The van der Waals surface area contributed by atoms with Crippen molar-refractivity contribution < 1.29 is 9.13 Å². The predicted octanol–water partition coefficient (Wildman–Crippen LogP) is 2.93. The van der Waals surface area contributed by atoms with Gasteiger partial charge in [0.2, 0.25) is 0 Å². The molecule has 2 heterocycles. The molecule has 6 nitrogen and oxygen atoms in total. The van der Waals surface area contributed by atoms with Crippen LogP contribution >= 0.6 is 24.0 Å². The van der Waals surface area contributed by atoms with Gasteiger partial charge in [-0.3, -0.25) is 9.89 Å². The number of hydrogen-bond acceptors (Lipinski definition) is 4. The molecule has 2 aliphatic heterocycles. The molecule has 3 unspecified atom stereocenters. The number of anilines is 1. The number of para-hydroxylation sites is 1. The van der Waals surface area contributed by atoms with E-state index in [1.807, 2.05) is 19.2 Å². The molecular formula is C23H37FIN5O. The van der Waals surface area contributed by atoms with E-state index in [0.717, 1.165) is 70.4 Å². The topological polar surface area (TPSA) is 52.1 Å². The fourth-order valence-electron chi connectivity index (χ4n) is 5.39. The Morgan fingerprint density at radius 2 is 1.97 bits per heavy atom. The number of piperazine rings is 1. The maximum absolute atomic E-state index is 14.0. The molecule has 1 aromatic rings. The molecule has 4 rings (SSSR count). The standard InChI is InChI=1S/C23H36FN5O.HI/c1-23(2)20(17-9-16-30-21(17)23)27-22(25-3)26-10-6-11-28-12-14-29(15-13-28)19-8-5-4-7-18(19)24;/h4-5,7-8,17,20-21H,6,9-16H2,1-3H3,(H2,25,26,27);1H. The summed E-state index contributed by atoms with van der Waals surface area (Å²) in [7, 11) is 1.84. The van der Waals surface area contributed by atoms with Crippen molar-refractivity contribution in [1.82, 2.24) is 15.5 Å². The highest BCUT2D eigenvalue weighted by atomic mass is 127. The van der Waals surface area contributed by atoms with Crippen molar-refractivity contribution in [3.63, 3.8) is 0 Å². The molecule has 0 amide bonds. The lowest BCUT2D eigenvalue weighted by atomic mass is 9.57. The third-order valence-corrected chi connectivity index (χ3v) is 7.13. The molecule has 3 atom stereocenters. The highest BCUT2D eigenvalue weighted by Gasteiger charge is 2.59. The molecule has 0 aromatic heterocycles. The van der Waals surface area contributed by atoms with Gasteiger partial charge in [-0.15, -0.1) is 24.0 Å². The van der Waals surface area contributed by atoms with Crippen molar-refractivity contribution in [2.45, 2.75) is 38.8 Å². The lowest BCUT2D eigenvalue weighted by Crippen LogP contribution is -2.68. The van der Waals surface area contributed by atoms with Crippen molar-refractivity contribution >= 4 is 35.6 Å². The normalized spacial score (nSPS) is 27.8. The van der Waals surface area contributed by atoms with Crippen molar-refractivity contribution in [3.05, 3.63) is 30.1 Å². The summed E-state index contributed by atoms with van der Waals surface area (Å²) >= 11 is 0. The van der Waals surface area contributed by atoms with Crippen LogP contribution in [0, 0.1) is 17.2 Å². The van der Waals surface area contributed by atoms with Crippen LogP contribution in [0.2, 0.25) is 0 Å². The molecular weight excluding hydrogens is 508 g/mol. The minimum absolute atomic E-state index is 0. The lowest BCUT2D eigenvalue weighted by Gasteiger charge is -2.54. The average Bonchev–Trinajstić information content (AvgIpc) is 3.21. The van der Waals surface area contributed by atoms with E-state index in [1.54, 1.807) is 12.1 Å². The van der Waals surface area contributed by atoms with Gasteiger partial charge in [0.1, 0.15) is 5.82 Å². The van der Waals surface area contributed by atoms with Crippen LogP contribution in [0.25, 0.3) is 0 Å². The first-order chi connectivity index (χ1) is 14.5. The number of rotatable bonds is 6. The number of halogens is 2. The predicted molar refractivity (Wildman–Crippen MR) is 135 cm³/mol. The zero-order chi connectivity index (χ0) is 21.1. The summed E-state index contributed by atoms with van der Waals surface area (Å²) < 4.78 is 19.9. The van der Waals surface area contributed by atoms with Crippen LogP contribution < -0.4 is 15.5 Å². The van der Waals surface area contributed by atoms with Crippen LogP contribution in [0.1, 0.15) is 26.7 Å². The number of fused-ring (bicyclic) bond motifs is 1. The Hall–Kier alpha value is -1.13. The van der Waals surface area contributed by atoms with Gasteiger partial charge in [0.05, 0.1) is 11.8 Å². The summed E-state index contributed by atoms with van der Waals surface area (Å²) in [5, 5.41) is 7.11. The molecule has 1 saturated carbocycles. The molecule has 8 heteroatoms. The summed E-state index contributed by atoms with van der Waals surface area (Å²) in [6, 6.07) is 7.48. The van der Waals surface area contributed by atoms with Crippen LogP contribution in [0.4, 0.5) is 10.1 Å². The second-order valence-electron chi connectivity index (χ2n) is 9.32. The van der Waals surface area contributed by atoms with Crippen LogP contribution in [-0.2, 0) is 4.74 Å². The van der Waals surface area contributed by atoms with Gasteiger partial charge in [-0.25, -0.2) is 4.39 Å². The summed E-state index contributed by atoms with van der Waals surface area (Å²) in [6.45, 7) is 11.1. The summed E-state index contributed by atoms with van der Waals surface area (Å²) in [5.74, 6) is 1.37. The van der Waals surface area contributed by atoms with E-state index in [1.165, 1.54) is 0 Å². The Kier molecular flexibility index (Phi) is 8.43. The molecule has 0 bridgehead atoms. The molecule has 2 N–H and O–H groups in total. The van der Waals surface area contributed by atoms with Crippen molar-refractivity contribution in [2.24, 2.45) is 16.3 Å². The van der Waals surface area contributed by atoms with Crippen LogP contribution in [0.15, 0.2) is 29.3 Å². The first-order valence-corrected chi connectivity index (χ1v) is 11.3. The minimum atomic E-state index is -0.126. The van der Waals surface area contributed by atoms with E-state index in [0.29, 0.717) is 18.1 Å². The maximum atomic E-state index is 14.0. The average molecular weight is 545 g/mol. The van der Waals surface area contributed by atoms with Gasteiger partial charge in [-0.05, 0) is 31.5 Å². The summed E-state index contributed by atoms with van der Waals surface area (Å²) in [5.41, 5.74) is 0.874. The zero-order valence-electron chi connectivity index (χ0n) is 18.9. The molecule has 3 aliphatic rings. The minimum Gasteiger partial charge on any atom is -0.377 e. The summed E-state index contributed by atoms with van der Waals surface area (Å²) in [4.78, 5) is 9.04. The van der Waals surface area contributed by atoms with E-state index in [9.17, 15) is 4.39 Å². The molecule has 1 aromatic carbocycles. The number of nitrogens with one attached hydrogen (secondary N) is 2. The van der Waals surface area contributed by atoms with Gasteiger partial charge in [-0.2, -0.15) is 0 Å². The molecule has 0 spiro atoms. The highest BCUT2D eigenvalue weighted by Crippen LogP contribution is 2.52. The number of hydrogen-bond donors (Lipinski definition) is 2. The van der Waals surface area contributed by atoms with Crippen molar-refractivity contribution in [2.75, 3.05) is 57.8 Å². The maximum Gasteiger partial charge on any atom is 0.191 e. The second-order valence-corrected chi connectivity index (χ2v) is 9.32. The molecule has 2 saturated heterocycles. The fraction of sp³-hybridized carbons (Fsp3) is 0.696. The number of aliphatic imine (C=N–C) groups is 1. The van der Waals surface area contributed by atoms with Gasteiger partial charge in [0, 0.05) is 63.8 Å². The van der Waals surface area contributed by atoms with Gasteiger partial charge < -0.3 is 20.3 Å². The molecule has 3 fully saturated rings. The van der Waals surface area contributed by atoms with Crippen molar-refractivity contribution in [1.29, 1.82) is 0 Å². The molecule has 174 valence electrons. The first kappa shape index (κ1) is 24.5. The third-order valence-electron chi connectivity index (χ3n) is 7.13. The van der Waals surface area contributed by atoms with E-state index in [-0.39, 0.29) is 35.2 Å². The lowest BCUT2D eigenvalue weighted by molar-refractivity contribution is -0.106. The molecule has 1 aliphatic carbocycles. The first-order valence-electron chi connectivity index (χ1n) is 11.3. The van der Waals surface area contributed by atoms with E-state index < -0.39 is 0 Å². The van der Waals surface area contributed by atoms with Crippen LogP contribution in [0.5, 0.6) is 0 Å². The van der Waals surface area contributed by atoms with Gasteiger partial charge in [0.25, 0.3) is 0 Å². The monoisotopic (exact) mass is 545 g/mol. The highest BCUT2D eigenvalue weighted by molar-refractivity contribution is 14.0. The molecule has 0 radical (unpaired) electrons. The second kappa shape index (κ2) is 10.7. The van der Waals surface area contributed by atoms with Gasteiger partial charge >= 0.3 is 0 Å². The van der Waals surface area contributed by atoms with Crippen molar-refractivity contribution in [3.8, 4) is 0 Å². The van der Waals surface area contributed by atoms with E-state index in [4.69, 9.17) is 4.74 Å². The summed E-state index contributed by atoms with van der Waals surface area (Å²) in [6.07, 6.45) is 2.58. The SMILES string of the molecule is CN=C(NCCCN1CCN(c2ccccc2F)CC1)NC1C2CCOC2C1(C)C.I. The Bertz CT molecular complexity index is 753. The Morgan fingerprint density at radius 1 is 1.23 bits per heavy atom. The quantitative estimate of drug-likeness (QED) is 0.249.